The van der Waals surface area contributed by atoms with Crippen LogP contribution in [0.1, 0.15) is 52.0 Å². The summed E-state index contributed by atoms with van der Waals surface area (Å²) in [5.74, 6) is 1.19. The Morgan fingerprint density at radius 1 is 1.13 bits per heavy atom. The quantitative estimate of drug-likeness (QED) is 0.433. The lowest BCUT2D eigenvalue weighted by Gasteiger charge is -2.25. The Morgan fingerprint density at radius 2 is 1.80 bits per heavy atom. The first-order valence-electron chi connectivity index (χ1n) is 11.0. The Labute approximate surface area is 182 Å². The molecule has 1 atom stereocenters. The zero-order chi connectivity index (χ0) is 22.0. The number of aliphatic imine (C=N–C) groups is 1. The van der Waals surface area contributed by atoms with Gasteiger partial charge in [-0.3, -0.25) is 4.99 Å². The summed E-state index contributed by atoms with van der Waals surface area (Å²) in [6.45, 7) is 9.66. The molecule has 1 fully saturated rings. The molecule has 1 unspecified atom stereocenters. The monoisotopic (exact) mass is 438 g/mol. The summed E-state index contributed by atoms with van der Waals surface area (Å²) in [4.78, 5) is 4.63. The van der Waals surface area contributed by atoms with Crippen molar-refractivity contribution < 1.29 is 13.2 Å². The maximum atomic E-state index is 12.7. The third-order valence-electron chi connectivity index (χ3n) is 5.41. The number of sulfonamides is 1. The van der Waals surface area contributed by atoms with Crippen molar-refractivity contribution in [2.75, 3.05) is 33.3 Å². The van der Waals surface area contributed by atoms with E-state index >= 15 is 0 Å². The summed E-state index contributed by atoms with van der Waals surface area (Å²) in [6, 6.07) is 7.13. The average molecular weight is 439 g/mol. The summed E-state index contributed by atoms with van der Waals surface area (Å²) in [6.07, 6.45) is 4.13. The number of guanidine groups is 1. The maximum Gasteiger partial charge on any atom is 0.243 e. The Kier molecular flexibility index (Phi) is 10.1. The van der Waals surface area contributed by atoms with Crippen LogP contribution in [0.15, 0.2) is 34.2 Å². The van der Waals surface area contributed by atoms with Gasteiger partial charge in [-0.25, -0.2) is 8.42 Å². The van der Waals surface area contributed by atoms with E-state index in [1.54, 1.807) is 23.5 Å². The molecule has 1 aliphatic heterocycles. The molecular formula is C22H38N4O3S. The lowest BCUT2D eigenvalue weighted by Crippen LogP contribution is -2.39. The van der Waals surface area contributed by atoms with Crippen LogP contribution >= 0.6 is 0 Å². The molecule has 0 aliphatic carbocycles. The molecule has 0 bridgehead atoms. The third-order valence-corrected chi connectivity index (χ3v) is 7.32. The Bertz CT molecular complexity index is 757. The molecule has 1 aromatic carbocycles. The summed E-state index contributed by atoms with van der Waals surface area (Å²) >= 11 is 0. The lowest BCUT2D eigenvalue weighted by atomic mass is 10.0. The van der Waals surface area contributed by atoms with Crippen LogP contribution in [0.2, 0.25) is 0 Å². The van der Waals surface area contributed by atoms with Crippen molar-refractivity contribution in [1.82, 2.24) is 14.9 Å². The fourth-order valence-electron chi connectivity index (χ4n) is 3.60. The van der Waals surface area contributed by atoms with Crippen LogP contribution in [-0.2, 0) is 21.3 Å². The molecule has 0 amide bonds. The molecule has 0 spiro atoms. The maximum absolute atomic E-state index is 12.7. The number of rotatable bonds is 10. The van der Waals surface area contributed by atoms with Gasteiger partial charge < -0.3 is 15.4 Å². The third kappa shape index (κ3) is 7.25. The second kappa shape index (κ2) is 12.3. The van der Waals surface area contributed by atoms with E-state index < -0.39 is 10.0 Å². The summed E-state index contributed by atoms with van der Waals surface area (Å²) in [5, 5.41) is 6.60. The topological polar surface area (TPSA) is 83.0 Å². The first-order valence-corrected chi connectivity index (χ1v) is 12.5. The summed E-state index contributed by atoms with van der Waals surface area (Å²) in [5.41, 5.74) is 1.00. The molecule has 0 aromatic heterocycles. The second-order valence-electron chi connectivity index (χ2n) is 7.99. The van der Waals surface area contributed by atoms with Crippen molar-refractivity contribution in [3.05, 3.63) is 29.8 Å². The lowest BCUT2D eigenvalue weighted by molar-refractivity contribution is 0.0258. The van der Waals surface area contributed by atoms with Crippen LogP contribution in [-0.4, -0.2) is 58.1 Å². The van der Waals surface area contributed by atoms with E-state index in [0.29, 0.717) is 30.4 Å². The Hall–Kier alpha value is -1.64. The van der Waals surface area contributed by atoms with Gasteiger partial charge in [0, 0.05) is 39.8 Å². The first-order chi connectivity index (χ1) is 14.4. The highest BCUT2D eigenvalue weighted by atomic mass is 32.2. The van der Waals surface area contributed by atoms with Gasteiger partial charge in [-0.2, -0.15) is 4.31 Å². The fraction of sp³-hybridized carbons (Fsp3) is 0.682. The van der Waals surface area contributed by atoms with Gasteiger partial charge in [0.2, 0.25) is 10.0 Å². The van der Waals surface area contributed by atoms with E-state index in [1.807, 2.05) is 19.1 Å². The van der Waals surface area contributed by atoms with Crippen LogP contribution in [0.3, 0.4) is 0 Å². The van der Waals surface area contributed by atoms with E-state index in [1.165, 1.54) is 0 Å². The smallest absolute Gasteiger partial charge is 0.243 e. The van der Waals surface area contributed by atoms with Crippen LogP contribution in [0, 0.1) is 5.92 Å². The van der Waals surface area contributed by atoms with Crippen molar-refractivity contribution in [1.29, 1.82) is 0 Å². The zero-order valence-corrected chi connectivity index (χ0v) is 19.7. The Morgan fingerprint density at radius 3 is 2.37 bits per heavy atom. The molecule has 0 saturated carbocycles. The first kappa shape index (κ1) is 24.6. The SMILES string of the molecule is CCOC(CCNC(=NC)NCc1ccc(S(=O)(=O)N2CCCCC2)cc1)C(C)C. The van der Waals surface area contributed by atoms with Gasteiger partial charge in [0.1, 0.15) is 0 Å². The second-order valence-corrected chi connectivity index (χ2v) is 9.93. The minimum atomic E-state index is -3.38. The largest absolute Gasteiger partial charge is 0.378 e. The van der Waals surface area contributed by atoms with E-state index in [0.717, 1.165) is 50.4 Å². The summed E-state index contributed by atoms with van der Waals surface area (Å²) < 4.78 is 32.9. The van der Waals surface area contributed by atoms with Gasteiger partial charge in [0.15, 0.2) is 5.96 Å². The highest BCUT2D eigenvalue weighted by Crippen LogP contribution is 2.20. The zero-order valence-electron chi connectivity index (χ0n) is 18.9. The molecule has 0 radical (unpaired) electrons. The number of hydrogen-bond donors (Lipinski definition) is 2. The predicted octanol–water partition coefficient (Wildman–Crippen LogP) is 2.98. The van der Waals surface area contributed by atoms with Gasteiger partial charge in [0.05, 0.1) is 11.0 Å². The standard InChI is InChI=1S/C22H38N4O3S/c1-5-29-21(18(2)3)13-14-24-22(23-4)25-17-19-9-11-20(12-10-19)30(27,28)26-15-7-6-8-16-26/h9-12,18,21H,5-8,13-17H2,1-4H3,(H2,23,24,25). The van der Waals surface area contributed by atoms with Gasteiger partial charge in [-0.15, -0.1) is 0 Å². The number of ether oxygens (including phenoxy) is 1. The van der Waals surface area contributed by atoms with Crippen molar-refractivity contribution in [2.24, 2.45) is 10.9 Å². The molecule has 8 heteroatoms. The van der Waals surface area contributed by atoms with E-state index in [9.17, 15) is 8.42 Å². The van der Waals surface area contributed by atoms with Crippen LogP contribution in [0.25, 0.3) is 0 Å². The molecule has 170 valence electrons. The van der Waals surface area contributed by atoms with Gasteiger partial charge >= 0.3 is 0 Å². The molecule has 1 heterocycles. The van der Waals surface area contributed by atoms with Crippen LogP contribution < -0.4 is 10.6 Å². The minimum absolute atomic E-state index is 0.231. The number of nitrogens with zero attached hydrogens (tertiary/aromatic N) is 2. The number of piperidine rings is 1. The van der Waals surface area contributed by atoms with Gasteiger partial charge in [-0.1, -0.05) is 32.4 Å². The van der Waals surface area contributed by atoms with Gasteiger partial charge in [-0.05, 0) is 49.8 Å². The molecule has 30 heavy (non-hydrogen) atoms. The van der Waals surface area contributed by atoms with E-state index in [-0.39, 0.29) is 6.10 Å². The predicted molar refractivity (Wildman–Crippen MR) is 122 cm³/mol. The highest BCUT2D eigenvalue weighted by Gasteiger charge is 2.25. The van der Waals surface area contributed by atoms with Crippen molar-refractivity contribution in [3.63, 3.8) is 0 Å². The van der Waals surface area contributed by atoms with Gasteiger partial charge in [0.25, 0.3) is 0 Å². The molecule has 1 saturated heterocycles. The Balaban J connectivity index is 1.84. The molecular weight excluding hydrogens is 400 g/mol. The normalized spacial score (nSPS) is 17.2. The molecule has 1 aromatic rings. The summed E-state index contributed by atoms with van der Waals surface area (Å²) in [7, 11) is -1.64. The highest BCUT2D eigenvalue weighted by molar-refractivity contribution is 7.89. The molecule has 2 N–H and O–H groups in total. The number of nitrogens with one attached hydrogen (secondary N) is 2. The fourth-order valence-corrected chi connectivity index (χ4v) is 5.11. The van der Waals surface area contributed by atoms with Crippen molar-refractivity contribution in [3.8, 4) is 0 Å². The van der Waals surface area contributed by atoms with Crippen molar-refractivity contribution >= 4 is 16.0 Å². The number of hydrogen-bond acceptors (Lipinski definition) is 4. The molecule has 2 rings (SSSR count). The minimum Gasteiger partial charge on any atom is -0.378 e. The van der Waals surface area contributed by atoms with Crippen LogP contribution in [0.4, 0.5) is 0 Å². The van der Waals surface area contributed by atoms with E-state index in [2.05, 4.69) is 29.5 Å². The molecule has 7 nitrogen and oxygen atoms in total. The number of benzene rings is 1. The van der Waals surface area contributed by atoms with E-state index in [4.69, 9.17) is 4.74 Å². The average Bonchev–Trinajstić information content (AvgIpc) is 2.76. The van der Waals surface area contributed by atoms with Crippen molar-refractivity contribution in [2.45, 2.75) is 64.0 Å². The molecule has 1 aliphatic rings. The van der Waals surface area contributed by atoms with Crippen LogP contribution in [0.5, 0.6) is 0 Å².